The molecule has 144 valence electrons. The third kappa shape index (κ3) is 5.01. The van der Waals surface area contributed by atoms with E-state index in [1.807, 2.05) is 36.9 Å². The van der Waals surface area contributed by atoms with Gasteiger partial charge >= 0.3 is 0 Å². The van der Waals surface area contributed by atoms with Crippen molar-refractivity contribution in [1.29, 1.82) is 0 Å². The molecule has 0 atom stereocenters. The molecular formula is C19H24ClN5O2. The van der Waals surface area contributed by atoms with Crippen molar-refractivity contribution >= 4 is 29.3 Å². The zero-order valence-corrected chi connectivity index (χ0v) is 16.6. The molecule has 3 rings (SSSR count). The highest BCUT2D eigenvalue weighted by atomic mass is 35.5. The molecule has 1 amide bonds. The van der Waals surface area contributed by atoms with Gasteiger partial charge in [0.2, 0.25) is 5.95 Å². The minimum Gasteiger partial charge on any atom is -0.484 e. The maximum atomic E-state index is 12.4. The molecule has 1 aliphatic heterocycles. The van der Waals surface area contributed by atoms with Crippen LogP contribution < -0.4 is 14.5 Å². The first-order valence-corrected chi connectivity index (χ1v) is 9.24. The van der Waals surface area contributed by atoms with Crippen LogP contribution in [0.2, 0.25) is 5.02 Å². The average molecular weight is 390 g/mol. The number of rotatable bonds is 5. The summed E-state index contributed by atoms with van der Waals surface area (Å²) in [6.07, 6.45) is 0. The number of nitrogens with zero attached hydrogens (tertiary/aromatic N) is 5. The summed E-state index contributed by atoms with van der Waals surface area (Å²) in [6, 6.07) is 8.95. The van der Waals surface area contributed by atoms with E-state index >= 15 is 0 Å². The van der Waals surface area contributed by atoms with Gasteiger partial charge in [0.25, 0.3) is 5.91 Å². The number of halogens is 1. The maximum absolute atomic E-state index is 12.4. The monoisotopic (exact) mass is 389 g/mol. The van der Waals surface area contributed by atoms with Crippen LogP contribution in [0.3, 0.4) is 0 Å². The van der Waals surface area contributed by atoms with E-state index in [1.54, 1.807) is 24.3 Å². The highest BCUT2D eigenvalue weighted by Crippen LogP contribution is 2.18. The standard InChI is InChI=1S/C19H24ClN5O2/c1-14-12-17(23(2)3)22-19(21-14)25-10-8-24(9-11-25)18(26)13-27-16-6-4-15(20)5-7-16/h4-7,12H,8-11,13H2,1-3H3. The molecule has 1 aromatic heterocycles. The minimum absolute atomic E-state index is 0.0212. The van der Waals surface area contributed by atoms with Gasteiger partial charge in [-0.15, -0.1) is 0 Å². The maximum Gasteiger partial charge on any atom is 0.260 e. The van der Waals surface area contributed by atoms with Gasteiger partial charge in [-0.05, 0) is 31.2 Å². The molecule has 0 spiro atoms. The fourth-order valence-electron chi connectivity index (χ4n) is 2.83. The number of hydrogen-bond acceptors (Lipinski definition) is 6. The van der Waals surface area contributed by atoms with Gasteiger partial charge in [0.15, 0.2) is 6.61 Å². The Labute approximate surface area is 164 Å². The molecule has 27 heavy (non-hydrogen) atoms. The number of piperazine rings is 1. The summed E-state index contributed by atoms with van der Waals surface area (Å²) < 4.78 is 5.55. The first kappa shape index (κ1) is 19.2. The molecule has 1 aliphatic rings. The first-order valence-electron chi connectivity index (χ1n) is 8.86. The number of carbonyl (C=O) groups excluding carboxylic acids is 1. The predicted octanol–water partition coefficient (Wildman–Crippen LogP) is 2.23. The lowest BCUT2D eigenvalue weighted by Crippen LogP contribution is -2.50. The van der Waals surface area contributed by atoms with E-state index in [4.69, 9.17) is 16.3 Å². The molecule has 0 radical (unpaired) electrons. The Morgan fingerprint density at radius 2 is 1.81 bits per heavy atom. The van der Waals surface area contributed by atoms with E-state index < -0.39 is 0 Å². The molecule has 0 aliphatic carbocycles. The lowest BCUT2D eigenvalue weighted by atomic mass is 10.3. The smallest absolute Gasteiger partial charge is 0.260 e. The second kappa shape index (κ2) is 8.43. The normalized spacial score (nSPS) is 14.2. The number of hydrogen-bond donors (Lipinski definition) is 0. The lowest BCUT2D eigenvalue weighted by molar-refractivity contribution is -0.133. The zero-order chi connectivity index (χ0) is 19.4. The van der Waals surface area contributed by atoms with Gasteiger partial charge in [0.1, 0.15) is 11.6 Å². The summed E-state index contributed by atoms with van der Waals surface area (Å²) in [5.74, 6) is 2.20. The average Bonchev–Trinajstić information content (AvgIpc) is 2.67. The van der Waals surface area contributed by atoms with Crippen LogP contribution in [0.25, 0.3) is 0 Å². The summed E-state index contributed by atoms with van der Waals surface area (Å²) in [5.41, 5.74) is 0.929. The molecule has 1 fully saturated rings. The van der Waals surface area contributed by atoms with Crippen molar-refractivity contribution in [3.05, 3.63) is 41.0 Å². The molecule has 0 N–H and O–H groups in total. The van der Waals surface area contributed by atoms with Gasteiger partial charge in [-0.3, -0.25) is 4.79 Å². The van der Waals surface area contributed by atoms with Crippen molar-refractivity contribution in [2.75, 3.05) is 56.7 Å². The number of carbonyl (C=O) groups is 1. The third-order valence-electron chi connectivity index (χ3n) is 4.38. The fourth-order valence-corrected chi connectivity index (χ4v) is 2.96. The molecule has 0 bridgehead atoms. The van der Waals surface area contributed by atoms with E-state index in [0.29, 0.717) is 42.9 Å². The second-order valence-corrected chi connectivity index (χ2v) is 7.11. The zero-order valence-electron chi connectivity index (χ0n) is 15.9. The number of aryl methyl sites for hydroxylation is 1. The Balaban J connectivity index is 1.54. The summed E-state index contributed by atoms with van der Waals surface area (Å²) in [5, 5.41) is 0.639. The summed E-state index contributed by atoms with van der Waals surface area (Å²) in [7, 11) is 3.92. The van der Waals surface area contributed by atoms with Crippen molar-refractivity contribution in [3.8, 4) is 5.75 Å². The summed E-state index contributed by atoms with van der Waals surface area (Å²) >= 11 is 5.85. The first-order chi connectivity index (χ1) is 12.9. The van der Waals surface area contributed by atoms with Crippen molar-refractivity contribution in [2.45, 2.75) is 6.92 Å². The second-order valence-electron chi connectivity index (χ2n) is 6.67. The van der Waals surface area contributed by atoms with Crippen LogP contribution in [0, 0.1) is 6.92 Å². The topological polar surface area (TPSA) is 61.8 Å². The molecule has 0 unspecified atom stereocenters. The van der Waals surface area contributed by atoms with Crippen LogP contribution in [0.5, 0.6) is 5.75 Å². The van der Waals surface area contributed by atoms with Crippen LogP contribution in [-0.4, -0.2) is 67.7 Å². The summed E-state index contributed by atoms with van der Waals surface area (Å²) in [4.78, 5) is 27.4. The van der Waals surface area contributed by atoms with E-state index in [9.17, 15) is 4.79 Å². The number of aromatic nitrogens is 2. The molecule has 1 aromatic carbocycles. The van der Waals surface area contributed by atoms with E-state index in [-0.39, 0.29) is 12.5 Å². The number of benzene rings is 1. The van der Waals surface area contributed by atoms with Crippen LogP contribution in [-0.2, 0) is 4.79 Å². The highest BCUT2D eigenvalue weighted by Gasteiger charge is 2.23. The molecular weight excluding hydrogens is 366 g/mol. The highest BCUT2D eigenvalue weighted by molar-refractivity contribution is 6.30. The molecule has 2 aromatic rings. The number of anilines is 2. The lowest BCUT2D eigenvalue weighted by Gasteiger charge is -2.35. The van der Waals surface area contributed by atoms with Gasteiger partial charge in [-0.1, -0.05) is 11.6 Å². The van der Waals surface area contributed by atoms with Crippen molar-refractivity contribution in [3.63, 3.8) is 0 Å². The van der Waals surface area contributed by atoms with Crippen molar-refractivity contribution < 1.29 is 9.53 Å². The van der Waals surface area contributed by atoms with Gasteiger partial charge in [0, 0.05) is 57.1 Å². The van der Waals surface area contributed by atoms with Gasteiger partial charge < -0.3 is 19.4 Å². The molecule has 8 heteroatoms. The van der Waals surface area contributed by atoms with Crippen LogP contribution in [0.15, 0.2) is 30.3 Å². The SMILES string of the molecule is Cc1cc(N(C)C)nc(N2CCN(C(=O)COc3ccc(Cl)cc3)CC2)n1. The van der Waals surface area contributed by atoms with Crippen molar-refractivity contribution in [1.82, 2.24) is 14.9 Å². The van der Waals surface area contributed by atoms with E-state index in [2.05, 4.69) is 14.9 Å². The molecule has 0 saturated carbocycles. The Kier molecular flexibility index (Phi) is 6.01. The predicted molar refractivity (Wildman–Crippen MR) is 107 cm³/mol. The van der Waals surface area contributed by atoms with Crippen LogP contribution >= 0.6 is 11.6 Å². The van der Waals surface area contributed by atoms with Crippen LogP contribution in [0.1, 0.15) is 5.69 Å². The quantitative estimate of drug-likeness (QED) is 0.781. The molecule has 7 nitrogen and oxygen atoms in total. The van der Waals surface area contributed by atoms with Crippen LogP contribution in [0.4, 0.5) is 11.8 Å². The van der Waals surface area contributed by atoms with E-state index in [0.717, 1.165) is 11.5 Å². The van der Waals surface area contributed by atoms with Gasteiger partial charge in [-0.2, -0.15) is 4.98 Å². The Morgan fingerprint density at radius 1 is 1.15 bits per heavy atom. The number of ether oxygens (including phenoxy) is 1. The largest absolute Gasteiger partial charge is 0.484 e. The Morgan fingerprint density at radius 3 is 2.44 bits per heavy atom. The Hall–Kier alpha value is -2.54. The van der Waals surface area contributed by atoms with Gasteiger partial charge in [0.05, 0.1) is 0 Å². The summed E-state index contributed by atoms with van der Waals surface area (Å²) in [6.45, 7) is 4.63. The Bertz CT molecular complexity index is 789. The fraction of sp³-hybridized carbons (Fsp3) is 0.421. The third-order valence-corrected chi connectivity index (χ3v) is 4.63. The minimum atomic E-state index is -0.0243. The van der Waals surface area contributed by atoms with Crippen molar-refractivity contribution in [2.24, 2.45) is 0 Å². The molecule has 1 saturated heterocycles. The van der Waals surface area contributed by atoms with E-state index in [1.165, 1.54) is 0 Å². The number of amides is 1. The molecule has 2 heterocycles. The van der Waals surface area contributed by atoms with Gasteiger partial charge in [-0.25, -0.2) is 4.98 Å².